The zero-order valence-corrected chi connectivity index (χ0v) is 31.7. The molecule has 5 nitrogen and oxygen atoms in total. The molecule has 5 aromatic carbocycles. The van der Waals surface area contributed by atoms with Gasteiger partial charge in [0.05, 0.1) is 22.8 Å². The van der Waals surface area contributed by atoms with Crippen LogP contribution in [0.15, 0.2) is 170 Å². The summed E-state index contributed by atoms with van der Waals surface area (Å²) in [5.41, 5.74) is 17.3. The van der Waals surface area contributed by atoms with Crippen LogP contribution < -0.4 is 4.74 Å². The number of fused-ring (bicyclic) bond motifs is 8. The van der Waals surface area contributed by atoms with Crippen LogP contribution in [0.2, 0.25) is 0 Å². The molecule has 2 aliphatic heterocycles. The molecule has 2 aliphatic rings. The van der Waals surface area contributed by atoms with Crippen molar-refractivity contribution in [3.8, 4) is 50.3 Å². The second-order valence-corrected chi connectivity index (χ2v) is 14.3. The van der Waals surface area contributed by atoms with Crippen molar-refractivity contribution in [2.24, 2.45) is 0 Å². The lowest BCUT2D eigenvalue weighted by Gasteiger charge is -2.14. The van der Waals surface area contributed by atoms with E-state index in [1.807, 2.05) is 42.5 Å². The molecule has 0 spiro atoms. The first-order valence-corrected chi connectivity index (χ1v) is 19.5. The number of H-pyrrole nitrogens is 2. The monoisotopic (exact) mass is 746 g/mol. The number of aromatic nitrogens is 4. The Balaban J connectivity index is 1.34. The van der Waals surface area contributed by atoms with Crippen LogP contribution in [0.5, 0.6) is 5.75 Å². The van der Waals surface area contributed by atoms with Gasteiger partial charge in [0.25, 0.3) is 0 Å². The molecule has 5 heterocycles. The van der Waals surface area contributed by atoms with E-state index in [9.17, 15) is 0 Å². The fourth-order valence-electron chi connectivity index (χ4n) is 7.94. The van der Waals surface area contributed by atoms with E-state index in [1.165, 1.54) is 0 Å². The Morgan fingerprint density at radius 1 is 0.448 bits per heavy atom. The van der Waals surface area contributed by atoms with Crippen molar-refractivity contribution >= 4 is 52.4 Å². The average molecular weight is 747 g/mol. The van der Waals surface area contributed by atoms with E-state index >= 15 is 0 Å². The second-order valence-electron chi connectivity index (χ2n) is 14.3. The summed E-state index contributed by atoms with van der Waals surface area (Å²) in [6.07, 6.45) is 10.3. The number of hydrogen-bond donors (Lipinski definition) is 2. The minimum absolute atomic E-state index is 0.414. The van der Waals surface area contributed by atoms with E-state index in [2.05, 4.69) is 168 Å². The highest BCUT2D eigenvalue weighted by Gasteiger charge is 2.20. The quantitative estimate of drug-likeness (QED) is 0.163. The van der Waals surface area contributed by atoms with Crippen molar-refractivity contribution in [2.75, 3.05) is 0 Å². The summed E-state index contributed by atoms with van der Waals surface area (Å²) in [6.45, 7) is 4.48. The number of hydrogen-bond acceptors (Lipinski definition) is 3. The van der Waals surface area contributed by atoms with E-state index in [1.54, 1.807) is 0 Å². The van der Waals surface area contributed by atoms with Gasteiger partial charge >= 0.3 is 0 Å². The van der Waals surface area contributed by atoms with Gasteiger partial charge in [-0.2, -0.15) is 0 Å². The molecule has 0 amide bonds. The molecule has 0 fully saturated rings. The molecule has 0 saturated heterocycles. The third-order valence-corrected chi connectivity index (χ3v) is 10.7. The minimum atomic E-state index is 0.414. The Kier molecular flexibility index (Phi) is 9.01. The van der Waals surface area contributed by atoms with Crippen LogP contribution in [-0.4, -0.2) is 19.9 Å². The first-order valence-electron chi connectivity index (χ1n) is 19.5. The maximum Gasteiger partial charge on any atom is 0.128 e. The Labute approximate surface area is 337 Å². The van der Waals surface area contributed by atoms with Gasteiger partial charge in [-0.15, -0.1) is 0 Å². The Morgan fingerprint density at radius 3 is 1.28 bits per heavy atom. The minimum Gasteiger partial charge on any atom is -0.488 e. The lowest BCUT2D eigenvalue weighted by atomic mass is 10.0. The van der Waals surface area contributed by atoms with Crippen LogP contribution in [0.25, 0.3) is 97.0 Å². The van der Waals surface area contributed by atoms with Crippen molar-refractivity contribution in [3.63, 3.8) is 0 Å². The van der Waals surface area contributed by atoms with Gasteiger partial charge in [-0.05, 0) is 88.5 Å². The van der Waals surface area contributed by atoms with Crippen LogP contribution in [0.3, 0.4) is 0 Å². The number of aromatic amines is 2. The third-order valence-electron chi connectivity index (χ3n) is 10.7. The molecule has 0 atom stereocenters. The van der Waals surface area contributed by atoms with Gasteiger partial charge in [-0.3, -0.25) is 0 Å². The van der Waals surface area contributed by atoms with Crippen molar-refractivity contribution in [1.82, 2.24) is 19.9 Å². The molecule has 10 rings (SSSR count). The molecule has 0 saturated carbocycles. The lowest BCUT2D eigenvalue weighted by molar-refractivity contribution is 0.307. The molecule has 58 heavy (non-hydrogen) atoms. The average Bonchev–Trinajstić information content (AvgIpc) is 4.13. The Bertz CT molecular complexity index is 3010. The molecule has 0 aliphatic carbocycles. The van der Waals surface area contributed by atoms with E-state index < -0.39 is 0 Å². The summed E-state index contributed by atoms with van der Waals surface area (Å²) in [4.78, 5) is 18.6. The molecular weight excluding hydrogens is 709 g/mol. The summed E-state index contributed by atoms with van der Waals surface area (Å²) < 4.78 is 6.68. The van der Waals surface area contributed by atoms with Gasteiger partial charge in [-0.1, -0.05) is 140 Å². The summed E-state index contributed by atoms with van der Waals surface area (Å²) in [6, 6.07) is 56.5. The van der Waals surface area contributed by atoms with Gasteiger partial charge in [0.2, 0.25) is 0 Å². The normalized spacial score (nSPS) is 11.8. The number of nitrogens with zero attached hydrogens (tertiary/aromatic N) is 2. The summed E-state index contributed by atoms with van der Waals surface area (Å²) in [7, 11) is 0. The summed E-state index contributed by atoms with van der Waals surface area (Å²) in [5.74, 6) is 0.742. The fourth-order valence-corrected chi connectivity index (χ4v) is 7.94. The number of benzene rings is 5. The van der Waals surface area contributed by atoms with Crippen molar-refractivity contribution in [1.29, 1.82) is 0 Å². The van der Waals surface area contributed by atoms with E-state index in [-0.39, 0.29) is 0 Å². The van der Waals surface area contributed by atoms with E-state index in [0.29, 0.717) is 6.61 Å². The largest absolute Gasteiger partial charge is 0.488 e. The molecule has 0 radical (unpaired) electrons. The smallest absolute Gasteiger partial charge is 0.128 e. The molecular formula is C53H38N4O. The van der Waals surface area contributed by atoms with Crippen LogP contribution in [0.1, 0.15) is 33.9 Å². The summed E-state index contributed by atoms with van der Waals surface area (Å²) in [5, 5.41) is 0. The van der Waals surface area contributed by atoms with Crippen molar-refractivity contribution in [3.05, 3.63) is 204 Å². The zero-order chi connectivity index (χ0) is 38.8. The number of rotatable bonds is 8. The lowest BCUT2D eigenvalue weighted by Crippen LogP contribution is -1.98. The Morgan fingerprint density at radius 2 is 0.845 bits per heavy atom. The topological polar surface area (TPSA) is 66.6 Å². The van der Waals surface area contributed by atoms with Crippen molar-refractivity contribution in [2.45, 2.75) is 6.61 Å². The maximum atomic E-state index is 6.68. The third kappa shape index (κ3) is 6.55. The predicted molar refractivity (Wildman–Crippen MR) is 241 cm³/mol. The van der Waals surface area contributed by atoms with E-state index in [4.69, 9.17) is 14.7 Å². The predicted octanol–water partition coefficient (Wildman–Crippen LogP) is 13.5. The fraction of sp³-hybridized carbons (Fsp3) is 0.0189. The first kappa shape index (κ1) is 34.7. The van der Waals surface area contributed by atoms with Crippen LogP contribution in [0, 0.1) is 0 Å². The van der Waals surface area contributed by atoms with E-state index in [0.717, 1.165) is 106 Å². The van der Waals surface area contributed by atoms with Crippen LogP contribution in [-0.2, 0) is 6.61 Å². The van der Waals surface area contributed by atoms with Crippen molar-refractivity contribution < 1.29 is 4.74 Å². The molecule has 2 N–H and O–H groups in total. The zero-order valence-electron chi connectivity index (χ0n) is 31.7. The van der Waals surface area contributed by atoms with Crippen LogP contribution in [0.4, 0.5) is 0 Å². The number of ether oxygens (including phenoxy) is 1. The van der Waals surface area contributed by atoms with Gasteiger partial charge in [-0.25, -0.2) is 9.97 Å². The number of nitrogens with one attached hydrogen (secondary N) is 2. The van der Waals surface area contributed by atoms with Gasteiger partial charge < -0.3 is 14.7 Å². The second kappa shape index (κ2) is 15.1. The molecule has 8 bridgehead atoms. The first-order chi connectivity index (χ1) is 28.7. The van der Waals surface area contributed by atoms with Crippen LogP contribution >= 0.6 is 0 Å². The maximum absolute atomic E-state index is 6.68. The Hall–Kier alpha value is -7.76. The standard InChI is InChI=1S/C53H38N4O/c1-2-35-23-24-40(49(33-35)58-34-36-15-7-3-8-16-36)53-47-31-29-45(56-47)51(38-19-11-5-12-20-38)43-27-25-41(54-43)50(37-17-9-4-10-18-37)42-26-28-44(55-42)52(39-21-13-6-14-22-39)46-30-32-48(53)57-46/h2-33,54,57H,1,34H2. The molecule has 8 aromatic rings. The van der Waals surface area contributed by atoms with Gasteiger partial charge in [0, 0.05) is 49.9 Å². The van der Waals surface area contributed by atoms with Gasteiger partial charge in [0.15, 0.2) is 0 Å². The highest BCUT2D eigenvalue weighted by molar-refractivity contribution is 6.00. The molecule has 0 unspecified atom stereocenters. The molecule has 276 valence electrons. The van der Waals surface area contributed by atoms with Gasteiger partial charge in [0.1, 0.15) is 12.4 Å². The highest BCUT2D eigenvalue weighted by Crippen LogP contribution is 2.41. The molecule has 3 aromatic heterocycles. The summed E-state index contributed by atoms with van der Waals surface area (Å²) >= 11 is 0. The molecule has 5 heteroatoms. The SMILES string of the molecule is C=Cc1ccc(-c2c3nc(c(-c4ccccc4)c4ccc([nH]4)c(-c4ccccc4)c4nc(c(-c5ccccc5)c5ccc2[nH]5)C=C4)C=C3)c(OCc2ccccc2)c1. The highest BCUT2D eigenvalue weighted by atomic mass is 16.5.